The summed E-state index contributed by atoms with van der Waals surface area (Å²) < 4.78 is 5.52. The van der Waals surface area contributed by atoms with Crippen LogP contribution in [0.15, 0.2) is 48.5 Å². The molecule has 1 aliphatic carbocycles. The normalized spacial score (nSPS) is 18.9. The maximum Gasteiger partial charge on any atom is 0.343 e. The summed E-state index contributed by atoms with van der Waals surface area (Å²) in [5, 5.41) is 0. The average molecular weight is 407 g/mol. The molecule has 2 aromatic carbocycles. The number of benzene rings is 2. The molecule has 3 rings (SSSR count). The molecule has 0 N–H and O–H groups in total. The monoisotopic (exact) mass is 406 g/mol. The lowest BCUT2D eigenvalue weighted by molar-refractivity contribution is 0.0734. The van der Waals surface area contributed by atoms with Crippen LogP contribution in [-0.4, -0.2) is 5.97 Å². The lowest BCUT2D eigenvalue weighted by Crippen LogP contribution is -2.14. The van der Waals surface area contributed by atoms with Crippen molar-refractivity contribution >= 4 is 5.97 Å². The van der Waals surface area contributed by atoms with Gasteiger partial charge in [-0.25, -0.2) is 4.79 Å². The Bertz CT molecular complexity index is 752. The van der Waals surface area contributed by atoms with Crippen LogP contribution in [0.2, 0.25) is 0 Å². The van der Waals surface area contributed by atoms with Crippen LogP contribution in [0, 0.1) is 5.92 Å². The zero-order valence-electron chi connectivity index (χ0n) is 18.9. The van der Waals surface area contributed by atoms with Gasteiger partial charge in [-0.05, 0) is 79.3 Å². The standard InChI is InChI=1S/C28H38O2/c1-3-5-6-7-8-9-23-10-14-24(15-11-23)25-16-18-26(19-17-25)28(29)30-27-20-12-22(4-2)13-21-27/h12-13,16-21,23-24H,3-11,14-15H2,1-2H3. The Kier molecular flexibility index (Phi) is 8.99. The maximum absolute atomic E-state index is 12.4. The molecule has 0 atom stereocenters. The summed E-state index contributed by atoms with van der Waals surface area (Å²) >= 11 is 0. The van der Waals surface area contributed by atoms with E-state index in [-0.39, 0.29) is 5.97 Å². The smallest absolute Gasteiger partial charge is 0.343 e. The average Bonchev–Trinajstić information content (AvgIpc) is 2.80. The van der Waals surface area contributed by atoms with E-state index in [2.05, 4.69) is 26.0 Å². The molecule has 1 aliphatic rings. The Morgan fingerprint density at radius 2 is 1.50 bits per heavy atom. The minimum atomic E-state index is -0.280. The molecular formula is C28H38O2. The third kappa shape index (κ3) is 6.72. The fraction of sp³-hybridized carbons (Fsp3) is 0.536. The van der Waals surface area contributed by atoms with E-state index in [1.165, 1.54) is 75.3 Å². The lowest BCUT2D eigenvalue weighted by Gasteiger charge is -2.29. The van der Waals surface area contributed by atoms with Crippen LogP contribution in [0.5, 0.6) is 5.75 Å². The van der Waals surface area contributed by atoms with Crippen LogP contribution in [0.25, 0.3) is 0 Å². The van der Waals surface area contributed by atoms with Crippen LogP contribution in [-0.2, 0) is 6.42 Å². The maximum atomic E-state index is 12.4. The van der Waals surface area contributed by atoms with Crippen molar-refractivity contribution in [3.63, 3.8) is 0 Å². The van der Waals surface area contributed by atoms with Gasteiger partial charge >= 0.3 is 5.97 Å². The molecule has 1 saturated carbocycles. The van der Waals surface area contributed by atoms with E-state index in [0.717, 1.165) is 12.3 Å². The SMILES string of the molecule is CCCCCCCC1CCC(c2ccc(C(=O)Oc3ccc(CC)cc3)cc2)CC1. The van der Waals surface area contributed by atoms with E-state index in [9.17, 15) is 4.79 Å². The predicted molar refractivity (Wildman–Crippen MR) is 125 cm³/mol. The Morgan fingerprint density at radius 1 is 0.833 bits per heavy atom. The number of carbonyl (C=O) groups is 1. The van der Waals surface area contributed by atoms with Crippen LogP contribution < -0.4 is 4.74 Å². The van der Waals surface area contributed by atoms with Gasteiger partial charge in [-0.2, -0.15) is 0 Å². The molecule has 0 aliphatic heterocycles. The fourth-order valence-corrected chi connectivity index (χ4v) is 4.67. The van der Waals surface area contributed by atoms with E-state index in [1.54, 1.807) is 0 Å². The quantitative estimate of drug-likeness (QED) is 0.226. The molecule has 0 heterocycles. The van der Waals surface area contributed by atoms with Gasteiger partial charge in [0.25, 0.3) is 0 Å². The molecule has 1 fully saturated rings. The number of esters is 1. The third-order valence-corrected chi connectivity index (χ3v) is 6.72. The van der Waals surface area contributed by atoms with Crippen molar-refractivity contribution in [2.24, 2.45) is 5.92 Å². The van der Waals surface area contributed by atoms with Crippen molar-refractivity contribution < 1.29 is 9.53 Å². The van der Waals surface area contributed by atoms with Gasteiger partial charge in [-0.3, -0.25) is 0 Å². The van der Waals surface area contributed by atoms with Crippen molar-refractivity contribution in [1.29, 1.82) is 0 Å². The third-order valence-electron chi connectivity index (χ3n) is 6.72. The topological polar surface area (TPSA) is 26.3 Å². The number of hydrogen-bond donors (Lipinski definition) is 0. The molecule has 162 valence electrons. The summed E-state index contributed by atoms with van der Waals surface area (Å²) in [6, 6.07) is 15.9. The van der Waals surface area contributed by atoms with Crippen LogP contribution in [0.4, 0.5) is 0 Å². The summed E-state index contributed by atoms with van der Waals surface area (Å²) in [7, 11) is 0. The molecule has 2 aromatic rings. The highest BCUT2D eigenvalue weighted by atomic mass is 16.5. The fourth-order valence-electron chi connectivity index (χ4n) is 4.67. The van der Waals surface area contributed by atoms with Gasteiger partial charge in [-0.1, -0.05) is 76.6 Å². The van der Waals surface area contributed by atoms with Crippen LogP contribution >= 0.6 is 0 Å². The van der Waals surface area contributed by atoms with Crippen molar-refractivity contribution in [3.8, 4) is 5.75 Å². The first-order valence-electron chi connectivity index (χ1n) is 12.1. The number of hydrogen-bond acceptors (Lipinski definition) is 2. The molecule has 0 unspecified atom stereocenters. The Hall–Kier alpha value is -2.09. The number of ether oxygens (including phenoxy) is 1. The molecule has 0 spiro atoms. The molecule has 2 nitrogen and oxygen atoms in total. The zero-order chi connectivity index (χ0) is 21.2. The highest BCUT2D eigenvalue weighted by molar-refractivity contribution is 5.91. The molecule has 0 radical (unpaired) electrons. The van der Waals surface area contributed by atoms with Gasteiger partial charge in [0, 0.05) is 0 Å². The van der Waals surface area contributed by atoms with E-state index >= 15 is 0 Å². The second-order valence-corrected chi connectivity index (χ2v) is 8.93. The number of unbranched alkanes of at least 4 members (excludes halogenated alkanes) is 4. The van der Waals surface area contributed by atoms with Crippen molar-refractivity contribution in [3.05, 3.63) is 65.2 Å². The Balaban J connectivity index is 1.44. The van der Waals surface area contributed by atoms with Crippen molar-refractivity contribution in [1.82, 2.24) is 0 Å². The van der Waals surface area contributed by atoms with Gasteiger partial charge in [0.2, 0.25) is 0 Å². The van der Waals surface area contributed by atoms with E-state index < -0.39 is 0 Å². The minimum Gasteiger partial charge on any atom is -0.423 e. The minimum absolute atomic E-state index is 0.280. The van der Waals surface area contributed by atoms with Crippen LogP contribution in [0.1, 0.15) is 105 Å². The largest absolute Gasteiger partial charge is 0.423 e. The molecule has 0 bridgehead atoms. The Labute approximate surface area is 183 Å². The van der Waals surface area contributed by atoms with Crippen molar-refractivity contribution in [2.45, 2.75) is 90.4 Å². The van der Waals surface area contributed by atoms with E-state index in [1.807, 2.05) is 36.4 Å². The summed E-state index contributed by atoms with van der Waals surface area (Å²) in [4.78, 5) is 12.4. The second-order valence-electron chi connectivity index (χ2n) is 8.93. The summed E-state index contributed by atoms with van der Waals surface area (Å²) in [5.41, 5.74) is 3.24. The number of rotatable bonds is 10. The Morgan fingerprint density at radius 3 is 2.13 bits per heavy atom. The van der Waals surface area contributed by atoms with Crippen molar-refractivity contribution in [2.75, 3.05) is 0 Å². The molecular weight excluding hydrogens is 368 g/mol. The first-order chi connectivity index (χ1) is 14.7. The lowest BCUT2D eigenvalue weighted by atomic mass is 9.77. The number of aryl methyl sites for hydroxylation is 1. The predicted octanol–water partition coefficient (Wildman–Crippen LogP) is 8.10. The molecule has 2 heteroatoms. The summed E-state index contributed by atoms with van der Waals surface area (Å²) in [5.74, 6) is 1.90. The second kappa shape index (κ2) is 11.9. The van der Waals surface area contributed by atoms with E-state index in [0.29, 0.717) is 17.2 Å². The van der Waals surface area contributed by atoms with E-state index in [4.69, 9.17) is 4.74 Å². The highest BCUT2D eigenvalue weighted by Gasteiger charge is 2.22. The molecule has 0 aromatic heterocycles. The first-order valence-corrected chi connectivity index (χ1v) is 12.1. The van der Waals surface area contributed by atoms with Gasteiger partial charge in [0.05, 0.1) is 5.56 Å². The molecule has 0 saturated heterocycles. The highest BCUT2D eigenvalue weighted by Crippen LogP contribution is 2.37. The number of carbonyl (C=O) groups excluding carboxylic acids is 1. The zero-order valence-corrected chi connectivity index (χ0v) is 18.9. The van der Waals surface area contributed by atoms with Gasteiger partial charge in [0.15, 0.2) is 0 Å². The van der Waals surface area contributed by atoms with Crippen LogP contribution in [0.3, 0.4) is 0 Å². The van der Waals surface area contributed by atoms with Gasteiger partial charge < -0.3 is 4.74 Å². The summed E-state index contributed by atoms with van der Waals surface area (Å²) in [6.45, 7) is 4.39. The first kappa shape index (κ1) is 22.6. The van der Waals surface area contributed by atoms with Gasteiger partial charge in [-0.15, -0.1) is 0 Å². The van der Waals surface area contributed by atoms with Gasteiger partial charge in [0.1, 0.15) is 5.75 Å². The summed E-state index contributed by atoms with van der Waals surface area (Å²) in [6.07, 6.45) is 14.6. The molecule has 30 heavy (non-hydrogen) atoms. The molecule has 0 amide bonds.